The summed E-state index contributed by atoms with van der Waals surface area (Å²) < 4.78 is 26.3. The van der Waals surface area contributed by atoms with Crippen LogP contribution in [0.1, 0.15) is 25.3 Å². The molecule has 1 aromatic carbocycles. The van der Waals surface area contributed by atoms with E-state index < -0.39 is 10.0 Å². The maximum Gasteiger partial charge on any atom is 0.240 e. The van der Waals surface area contributed by atoms with Gasteiger partial charge in [0.15, 0.2) is 0 Å². The van der Waals surface area contributed by atoms with E-state index in [0.717, 1.165) is 6.42 Å². The van der Waals surface area contributed by atoms with Crippen LogP contribution in [0.5, 0.6) is 0 Å². The van der Waals surface area contributed by atoms with Crippen molar-refractivity contribution in [3.8, 4) is 0 Å². The van der Waals surface area contributed by atoms with Crippen LogP contribution in [0.4, 0.5) is 5.69 Å². The Morgan fingerprint density at radius 1 is 1.29 bits per heavy atom. The molecule has 0 saturated carbocycles. The Labute approximate surface area is 142 Å². The van der Waals surface area contributed by atoms with E-state index in [9.17, 15) is 18.0 Å². The second-order valence-corrected chi connectivity index (χ2v) is 7.84. The molecule has 2 amide bonds. The first-order valence-corrected chi connectivity index (χ1v) is 9.33. The number of nitrogens with zero attached hydrogens (tertiary/aromatic N) is 1. The van der Waals surface area contributed by atoms with Crippen LogP contribution < -0.4 is 10.0 Å². The molecule has 1 saturated heterocycles. The SMILES string of the molecule is CNS(=O)(=O)c1cc(NC(=O)[C@@H]2CCCN(C(C)=O)C2)ccc1C. The van der Waals surface area contributed by atoms with Gasteiger partial charge in [-0.05, 0) is 44.5 Å². The number of likely N-dealkylation sites (tertiary alicyclic amines) is 1. The van der Waals surface area contributed by atoms with Crippen molar-refractivity contribution >= 4 is 27.5 Å². The first-order chi connectivity index (χ1) is 11.2. The van der Waals surface area contributed by atoms with E-state index >= 15 is 0 Å². The maximum absolute atomic E-state index is 12.4. The molecule has 2 N–H and O–H groups in total. The van der Waals surface area contributed by atoms with Gasteiger partial charge in [0, 0.05) is 25.7 Å². The lowest BCUT2D eigenvalue weighted by Crippen LogP contribution is -2.42. The minimum Gasteiger partial charge on any atom is -0.342 e. The fourth-order valence-electron chi connectivity index (χ4n) is 2.80. The molecule has 1 aliphatic rings. The second kappa shape index (κ2) is 7.31. The van der Waals surface area contributed by atoms with Crippen LogP contribution in [-0.4, -0.2) is 45.3 Å². The highest BCUT2D eigenvalue weighted by Crippen LogP contribution is 2.22. The molecule has 1 atom stereocenters. The maximum atomic E-state index is 12.4. The third-order valence-corrected chi connectivity index (χ3v) is 5.81. The van der Waals surface area contributed by atoms with Gasteiger partial charge in [-0.1, -0.05) is 6.07 Å². The summed E-state index contributed by atoms with van der Waals surface area (Å²) in [5.41, 5.74) is 1.03. The van der Waals surface area contributed by atoms with Crippen molar-refractivity contribution in [2.45, 2.75) is 31.6 Å². The van der Waals surface area contributed by atoms with Gasteiger partial charge >= 0.3 is 0 Å². The van der Waals surface area contributed by atoms with Crippen molar-refractivity contribution in [1.29, 1.82) is 0 Å². The molecule has 0 aliphatic carbocycles. The van der Waals surface area contributed by atoms with Gasteiger partial charge in [0.2, 0.25) is 21.8 Å². The number of rotatable bonds is 4. The molecule has 0 spiro atoms. The molecule has 2 rings (SSSR count). The first-order valence-electron chi connectivity index (χ1n) is 7.85. The molecular weight excluding hydrogens is 330 g/mol. The minimum atomic E-state index is -3.59. The zero-order chi connectivity index (χ0) is 17.9. The molecule has 0 unspecified atom stereocenters. The van der Waals surface area contributed by atoms with E-state index in [0.29, 0.717) is 30.8 Å². The van der Waals surface area contributed by atoms with Gasteiger partial charge in [-0.25, -0.2) is 13.1 Å². The monoisotopic (exact) mass is 353 g/mol. The van der Waals surface area contributed by atoms with E-state index in [4.69, 9.17) is 0 Å². The fraction of sp³-hybridized carbons (Fsp3) is 0.500. The van der Waals surface area contributed by atoms with Crippen LogP contribution in [-0.2, 0) is 19.6 Å². The summed E-state index contributed by atoms with van der Waals surface area (Å²) in [6.45, 7) is 4.26. The van der Waals surface area contributed by atoms with Crippen molar-refractivity contribution in [1.82, 2.24) is 9.62 Å². The molecule has 7 nitrogen and oxygen atoms in total. The molecule has 0 bridgehead atoms. The lowest BCUT2D eigenvalue weighted by atomic mass is 9.97. The normalized spacial score (nSPS) is 18.3. The summed E-state index contributed by atoms with van der Waals surface area (Å²) >= 11 is 0. The Morgan fingerprint density at radius 3 is 2.62 bits per heavy atom. The Balaban J connectivity index is 2.15. The van der Waals surface area contributed by atoms with Crippen molar-refractivity contribution in [2.24, 2.45) is 5.92 Å². The van der Waals surface area contributed by atoms with Gasteiger partial charge in [0.25, 0.3) is 0 Å². The summed E-state index contributed by atoms with van der Waals surface area (Å²) in [4.78, 5) is 25.7. The van der Waals surface area contributed by atoms with E-state index in [2.05, 4.69) is 10.0 Å². The third kappa shape index (κ3) is 4.12. The van der Waals surface area contributed by atoms with Gasteiger partial charge in [0.1, 0.15) is 0 Å². The highest BCUT2D eigenvalue weighted by molar-refractivity contribution is 7.89. The Morgan fingerprint density at radius 2 is 2.00 bits per heavy atom. The molecular formula is C16H23N3O4S. The smallest absolute Gasteiger partial charge is 0.240 e. The number of amides is 2. The number of nitrogens with one attached hydrogen (secondary N) is 2. The number of carbonyl (C=O) groups excluding carboxylic acids is 2. The third-order valence-electron chi connectivity index (χ3n) is 4.25. The summed E-state index contributed by atoms with van der Waals surface area (Å²) in [5, 5.41) is 2.77. The molecule has 8 heteroatoms. The van der Waals surface area contributed by atoms with Crippen molar-refractivity contribution in [3.63, 3.8) is 0 Å². The van der Waals surface area contributed by atoms with E-state index in [1.807, 2.05) is 0 Å². The minimum absolute atomic E-state index is 0.0368. The Hall–Kier alpha value is -1.93. The Kier molecular flexibility index (Phi) is 5.61. The Bertz CT molecular complexity index is 746. The average Bonchev–Trinajstić information content (AvgIpc) is 2.56. The van der Waals surface area contributed by atoms with Gasteiger partial charge in [0.05, 0.1) is 10.8 Å². The zero-order valence-corrected chi connectivity index (χ0v) is 14.9. The summed E-state index contributed by atoms with van der Waals surface area (Å²) in [7, 11) is -2.24. The molecule has 132 valence electrons. The largest absolute Gasteiger partial charge is 0.342 e. The molecule has 24 heavy (non-hydrogen) atoms. The molecule has 0 aromatic heterocycles. The van der Waals surface area contributed by atoms with E-state index in [1.54, 1.807) is 24.0 Å². The fourth-order valence-corrected chi connectivity index (χ4v) is 3.79. The average molecular weight is 353 g/mol. The number of piperidine rings is 1. The highest BCUT2D eigenvalue weighted by atomic mass is 32.2. The molecule has 1 aliphatic heterocycles. The van der Waals surface area contributed by atoms with Gasteiger partial charge in [-0.2, -0.15) is 0 Å². The quantitative estimate of drug-likeness (QED) is 0.847. The molecule has 0 radical (unpaired) electrons. The van der Waals surface area contributed by atoms with Crippen molar-refractivity contribution < 1.29 is 18.0 Å². The van der Waals surface area contributed by atoms with Crippen LogP contribution in [0, 0.1) is 12.8 Å². The van der Waals surface area contributed by atoms with Crippen LogP contribution >= 0.6 is 0 Å². The number of benzene rings is 1. The van der Waals surface area contributed by atoms with E-state index in [-0.39, 0.29) is 22.6 Å². The number of sulfonamides is 1. The molecule has 1 aromatic rings. The van der Waals surface area contributed by atoms with Crippen LogP contribution in [0.3, 0.4) is 0 Å². The topological polar surface area (TPSA) is 95.6 Å². The standard InChI is InChI=1S/C16H23N3O4S/c1-11-6-7-14(9-15(11)24(22,23)17-3)18-16(21)13-5-4-8-19(10-13)12(2)20/h6-7,9,13,17H,4-5,8,10H2,1-3H3,(H,18,21)/t13-/m1/s1. The number of carbonyl (C=O) groups is 2. The summed E-state index contributed by atoms with van der Waals surface area (Å²) in [5.74, 6) is -0.517. The predicted molar refractivity (Wildman–Crippen MR) is 91.0 cm³/mol. The first kappa shape index (κ1) is 18.4. The number of hydrogen-bond donors (Lipinski definition) is 2. The van der Waals surface area contributed by atoms with Crippen molar-refractivity contribution in [2.75, 3.05) is 25.5 Å². The number of aryl methyl sites for hydroxylation is 1. The van der Waals surface area contributed by atoms with Crippen LogP contribution in [0.15, 0.2) is 23.1 Å². The highest BCUT2D eigenvalue weighted by Gasteiger charge is 2.27. The second-order valence-electron chi connectivity index (χ2n) is 5.98. The lowest BCUT2D eigenvalue weighted by Gasteiger charge is -2.31. The predicted octanol–water partition coefficient (Wildman–Crippen LogP) is 1.10. The summed E-state index contributed by atoms with van der Waals surface area (Å²) in [6.07, 6.45) is 1.49. The van der Waals surface area contributed by atoms with Crippen molar-refractivity contribution in [3.05, 3.63) is 23.8 Å². The number of hydrogen-bond acceptors (Lipinski definition) is 4. The number of anilines is 1. The van der Waals surface area contributed by atoms with Gasteiger partial charge < -0.3 is 10.2 Å². The van der Waals surface area contributed by atoms with Gasteiger partial charge in [-0.15, -0.1) is 0 Å². The van der Waals surface area contributed by atoms with E-state index in [1.165, 1.54) is 20.0 Å². The zero-order valence-electron chi connectivity index (χ0n) is 14.1. The van der Waals surface area contributed by atoms with Gasteiger partial charge in [-0.3, -0.25) is 9.59 Å². The molecule has 1 heterocycles. The van der Waals surface area contributed by atoms with Crippen LogP contribution in [0.25, 0.3) is 0 Å². The molecule has 1 fully saturated rings. The lowest BCUT2D eigenvalue weighted by molar-refractivity contribution is -0.132. The summed E-state index contributed by atoms with van der Waals surface area (Å²) in [6, 6.07) is 4.78. The van der Waals surface area contributed by atoms with Crippen LogP contribution in [0.2, 0.25) is 0 Å².